The zero-order valence-electron chi connectivity index (χ0n) is 13.5. The molecule has 0 saturated heterocycles. The fourth-order valence-corrected chi connectivity index (χ4v) is 2.09. The second-order valence-corrected chi connectivity index (χ2v) is 5.63. The molecule has 0 aromatic carbocycles. The van der Waals surface area contributed by atoms with Gasteiger partial charge in [0.1, 0.15) is 5.82 Å². The van der Waals surface area contributed by atoms with Crippen LogP contribution in [0, 0.1) is 0 Å². The summed E-state index contributed by atoms with van der Waals surface area (Å²) in [6.45, 7) is 2.34. The van der Waals surface area contributed by atoms with Gasteiger partial charge in [-0.1, -0.05) is 16.8 Å². The first-order valence-electron chi connectivity index (χ1n) is 7.25. The number of alkyl halides is 3. The maximum atomic E-state index is 12.5. The molecule has 2 rings (SSSR count). The van der Waals surface area contributed by atoms with Crippen LogP contribution in [0.1, 0.15) is 24.2 Å². The highest BCUT2D eigenvalue weighted by Gasteiger charge is 2.31. The molecule has 0 aliphatic carbocycles. The van der Waals surface area contributed by atoms with Crippen LogP contribution in [0.15, 0.2) is 16.8 Å². The first-order chi connectivity index (χ1) is 11.3. The van der Waals surface area contributed by atoms with Gasteiger partial charge in [0, 0.05) is 31.6 Å². The largest absolute Gasteiger partial charge is 0.417 e. The minimum absolute atomic E-state index is 0. The first kappa shape index (κ1) is 21.5. The highest BCUT2D eigenvalue weighted by Crippen LogP contribution is 2.32. The zero-order chi connectivity index (χ0) is 17.7. The van der Waals surface area contributed by atoms with Crippen LogP contribution >= 0.6 is 24.0 Å². The van der Waals surface area contributed by atoms with Gasteiger partial charge in [-0.25, -0.2) is 4.98 Å². The summed E-state index contributed by atoms with van der Waals surface area (Å²) in [7, 11) is 1.84. The molecule has 0 radical (unpaired) electrons. The molecule has 0 spiro atoms. The lowest BCUT2D eigenvalue weighted by molar-refractivity contribution is -0.137. The van der Waals surface area contributed by atoms with Crippen molar-refractivity contribution in [3.63, 3.8) is 0 Å². The molecule has 0 amide bonds. The molecule has 140 valence electrons. The van der Waals surface area contributed by atoms with Crippen molar-refractivity contribution in [2.45, 2.75) is 32.0 Å². The molecule has 0 aliphatic heterocycles. The fourth-order valence-electron chi connectivity index (χ4n) is 1.86. The number of pyridine rings is 1. The van der Waals surface area contributed by atoms with E-state index in [0.717, 1.165) is 12.3 Å². The molecule has 0 saturated carbocycles. The van der Waals surface area contributed by atoms with E-state index in [1.165, 1.54) is 0 Å². The lowest BCUT2D eigenvalue weighted by Gasteiger charge is -2.10. The zero-order valence-corrected chi connectivity index (χ0v) is 15.1. The van der Waals surface area contributed by atoms with Crippen LogP contribution in [0.2, 0.25) is 5.02 Å². The minimum Gasteiger partial charge on any atom is -0.368 e. The molecule has 25 heavy (non-hydrogen) atoms. The molecule has 0 aliphatic rings. The number of likely N-dealkylation sites (N-methyl/N-ethyl adjacent to an activating group) is 1. The van der Waals surface area contributed by atoms with E-state index in [2.05, 4.69) is 25.8 Å². The topological polar surface area (TPSA) is 75.9 Å². The Labute approximate surface area is 154 Å². The van der Waals surface area contributed by atoms with E-state index < -0.39 is 11.7 Å². The van der Waals surface area contributed by atoms with Gasteiger partial charge < -0.3 is 15.2 Å². The van der Waals surface area contributed by atoms with Crippen molar-refractivity contribution in [3.8, 4) is 0 Å². The monoisotopic (exact) mass is 399 g/mol. The van der Waals surface area contributed by atoms with Crippen molar-refractivity contribution in [1.82, 2.24) is 20.4 Å². The Balaban J connectivity index is 0.00000312. The quantitative estimate of drug-likeness (QED) is 0.743. The van der Waals surface area contributed by atoms with E-state index in [0.29, 0.717) is 31.1 Å². The van der Waals surface area contributed by atoms with Gasteiger partial charge in [-0.3, -0.25) is 0 Å². The van der Waals surface area contributed by atoms with E-state index in [1.54, 1.807) is 0 Å². The van der Waals surface area contributed by atoms with Gasteiger partial charge in [-0.15, -0.1) is 12.4 Å². The van der Waals surface area contributed by atoms with E-state index in [9.17, 15) is 13.2 Å². The Morgan fingerprint density at radius 2 is 2.08 bits per heavy atom. The van der Waals surface area contributed by atoms with Crippen molar-refractivity contribution >= 4 is 29.8 Å². The Morgan fingerprint density at radius 3 is 2.68 bits per heavy atom. The van der Waals surface area contributed by atoms with Gasteiger partial charge in [0.25, 0.3) is 0 Å². The summed E-state index contributed by atoms with van der Waals surface area (Å²) in [5, 5.41) is 9.69. The predicted molar refractivity (Wildman–Crippen MR) is 90.2 cm³/mol. The summed E-state index contributed by atoms with van der Waals surface area (Å²) in [4.78, 5) is 7.93. The highest BCUT2D eigenvalue weighted by molar-refractivity contribution is 6.32. The maximum Gasteiger partial charge on any atom is 0.417 e. The number of anilines is 1. The SMILES string of the molecule is CNC(C)Cc1noc(CCNc2ncc(C(F)(F)F)cc2Cl)n1.Cl. The van der Waals surface area contributed by atoms with Crippen LogP contribution in [-0.4, -0.2) is 34.8 Å². The van der Waals surface area contributed by atoms with Gasteiger partial charge in [0.15, 0.2) is 5.82 Å². The van der Waals surface area contributed by atoms with E-state index in [-0.39, 0.29) is 29.3 Å². The van der Waals surface area contributed by atoms with Crippen LogP contribution in [0.5, 0.6) is 0 Å². The summed E-state index contributed by atoms with van der Waals surface area (Å²) < 4.78 is 42.7. The third-order valence-corrected chi connectivity index (χ3v) is 3.58. The number of nitrogens with zero attached hydrogens (tertiary/aromatic N) is 3. The third kappa shape index (κ3) is 6.33. The molecule has 2 heterocycles. The molecular weight excluding hydrogens is 382 g/mol. The van der Waals surface area contributed by atoms with E-state index in [1.807, 2.05) is 14.0 Å². The van der Waals surface area contributed by atoms with Gasteiger partial charge in [0.2, 0.25) is 5.89 Å². The average Bonchev–Trinajstić information content (AvgIpc) is 2.95. The lowest BCUT2D eigenvalue weighted by Crippen LogP contribution is -2.24. The predicted octanol–water partition coefficient (Wildman–Crippen LogP) is 3.36. The highest BCUT2D eigenvalue weighted by atomic mass is 35.5. The summed E-state index contributed by atoms with van der Waals surface area (Å²) in [5.74, 6) is 1.20. The molecule has 11 heteroatoms. The summed E-state index contributed by atoms with van der Waals surface area (Å²) >= 11 is 5.81. The molecule has 6 nitrogen and oxygen atoms in total. The van der Waals surface area contributed by atoms with Gasteiger partial charge in [0.05, 0.1) is 10.6 Å². The van der Waals surface area contributed by atoms with Crippen molar-refractivity contribution in [2.75, 3.05) is 18.9 Å². The Morgan fingerprint density at radius 1 is 1.36 bits per heavy atom. The van der Waals surface area contributed by atoms with Gasteiger partial charge in [-0.2, -0.15) is 18.2 Å². The standard InChI is InChI=1S/C14H17ClF3N5O.ClH/c1-8(19-2)5-11-22-12(24-23-11)3-4-20-13-10(15)6-9(7-21-13)14(16,17)18;/h6-8,19H,3-5H2,1-2H3,(H,20,21);1H. The van der Waals surface area contributed by atoms with Crippen LogP contribution < -0.4 is 10.6 Å². The summed E-state index contributed by atoms with van der Waals surface area (Å²) in [5.41, 5.74) is -0.891. The van der Waals surface area contributed by atoms with Crippen LogP contribution in [0.3, 0.4) is 0 Å². The van der Waals surface area contributed by atoms with Crippen LogP contribution in [-0.2, 0) is 19.0 Å². The number of rotatable bonds is 7. The summed E-state index contributed by atoms with van der Waals surface area (Å²) in [6.07, 6.45) is -2.70. The maximum absolute atomic E-state index is 12.5. The second kappa shape index (κ2) is 9.21. The third-order valence-electron chi connectivity index (χ3n) is 3.29. The van der Waals surface area contributed by atoms with Crippen LogP contribution in [0.4, 0.5) is 19.0 Å². The molecule has 0 bridgehead atoms. The molecule has 2 aromatic heterocycles. The van der Waals surface area contributed by atoms with Crippen molar-refractivity contribution in [2.24, 2.45) is 0 Å². The fraction of sp³-hybridized carbons (Fsp3) is 0.500. The van der Waals surface area contributed by atoms with E-state index >= 15 is 0 Å². The number of hydrogen-bond donors (Lipinski definition) is 2. The van der Waals surface area contributed by atoms with Gasteiger partial charge in [-0.05, 0) is 20.0 Å². The number of halogens is 5. The molecule has 2 N–H and O–H groups in total. The first-order valence-corrected chi connectivity index (χ1v) is 7.62. The minimum atomic E-state index is -4.47. The molecule has 1 atom stereocenters. The average molecular weight is 400 g/mol. The van der Waals surface area contributed by atoms with Crippen molar-refractivity contribution in [3.05, 3.63) is 34.6 Å². The smallest absolute Gasteiger partial charge is 0.368 e. The van der Waals surface area contributed by atoms with Crippen LogP contribution in [0.25, 0.3) is 0 Å². The Kier molecular flexibility index (Phi) is 7.91. The number of aromatic nitrogens is 3. The normalized spacial score (nSPS) is 12.6. The summed E-state index contributed by atoms with van der Waals surface area (Å²) in [6, 6.07) is 1.06. The van der Waals surface area contributed by atoms with E-state index in [4.69, 9.17) is 16.1 Å². The molecule has 2 aromatic rings. The molecule has 1 unspecified atom stereocenters. The van der Waals surface area contributed by atoms with Crippen molar-refractivity contribution in [1.29, 1.82) is 0 Å². The molecule has 0 fully saturated rings. The Bertz CT molecular complexity index is 681. The van der Waals surface area contributed by atoms with Crippen molar-refractivity contribution < 1.29 is 17.7 Å². The number of nitrogens with one attached hydrogen (secondary N) is 2. The number of hydrogen-bond acceptors (Lipinski definition) is 6. The second-order valence-electron chi connectivity index (χ2n) is 5.23. The van der Waals surface area contributed by atoms with Gasteiger partial charge >= 0.3 is 6.18 Å². The Hall–Kier alpha value is -1.58. The molecular formula is C14H18Cl2F3N5O. The lowest BCUT2D eigenvalue weighted by atomic mass is 10.2.